The van der Waals surface area contributed by atoms with E-state index in [9.17, 15) is 22.8 Å². The Morgan fingerprint density at radius 1 is 1.22 bits per heavy atom. The summed E-state index contributed by atoms with van der Waals surface area (Å²) in [4.78, 5) is 36.6. The first-order valence-electron chi connectivity index (χ1n) is 11.5. The van der Waals surface area contributed by atoms with Crippen LogP contribution < -0.4 is 21.7 Å². The highest BCUT2D eigenvalue weighted by Crippen LogP contribution is 2.34. The number of halogens is 4. The van der Waals surface area contributed by atoms with Crippen molar-refractivity contribution in [2.75, 3.05) is 35.6 Å². The number of alkyl halides is 2. The van der Waals surface area contributed by atoms with Crippen LogP contribution in [0.2, 0.25) is 5.02 Å². The molecule has 2 aliphatic rings. The molecular formula is C23H27ClF3N7O2. The summed E-state index contributed by atoms with van der Waals surface area (Å²) in [6.07, 6.45) is 2.48. The largest absolute Gasteiger partial charge is 0.381 e. The number of anilines is 3. The molecule has 5 N–H and O–H groups in total. The fourth-order valence-electron chi connectivity index (χ4n) is 4.86. The van der Waals surface area contributed by atoms with Crippen LogP contribution in [-0.2, 0) is 15.5 Å². The SMILES string of the molecule is CC(F)(F)c1cc(Cl)cc(N[C@@H]2CCCN([C@H]3CN(c4ncnc(N)c4F)CC[C@@H]3C(N)=O)C2=O)c1. The lowest BCUT2D eigenvalue weighted by molar-refractivity contribution is -0.140. The van der Waals surface area contributed by atoms with Crippen LogP contribution in [0.1, 0.15) is 31.7 Å². The zero-order valence-corrected chi connectivity index (χ0v) is 20.3. The predicted molar refractivity (Wildman–Crippen MR) is 129 cm³/mol. The molecule has 3 atom stereocenters. The van der Waals surface area contributed by atoms with Gasteiger partial charge in [0, 0.05) is 42.8 Å². The molecule has 2 aromatic rings. The van der Waals surface area contributed by atoms with Gasteiger partial charge >= 0.3 is 0 Å². The van der Waals surface area contributed by atoms with E-state index in [1.165, 1.54) is 18.2 Å². The van der Waals surface area contributed by atoms with Gasteiger partial charge in [-0.15, -0.1) is 0 Å². The molecule has 0 spiro atoms. The summed E-state index contributed by atoms with van der Waals surface area (Å²) in [6, 6.07) is 2.54. The van der Waals surface area contributed by atoms with E-state index in [2.05, 4.69) is 15.3 Å². The smallest absolute Gasteiger partial charge is 0.270 e. The molecule has 1 aromatic carbocycles. The van der Waals surface area contributed by atoms with E-state index in [4.69, 9.17) is 23.1 Å². The number of nitrogens with zero attached hydrogens (tertiary/aromatic N) is 4. The zero-order valence-electron chi connectivity index (χ0n) is 19.6. The Morgan fingerprint density at radius 3 is 2.67 bits per heavy atom. The number of nitrogen functional groups attached to an aromatic ring is 1. The summed E-state index contributed by atoms with van der Waals surface area (Å²) in [5.74, 6) is -5.72. The van der Waals surface area contributed by atoms with Crippen LogP contribution in [0.5, 0.6) is 0 Å². The Balaban J connectivity index is 1.57. The Hall–Kier alpha value is -3.28. The van der Waals surface area contributed by atoms with Crippen LogP contribution in [0.15, 0.2) is 24.5 Å². The first-order valence-corrected chi connectivity index (χ1v) is 11.9. The normalized spacial score (nSPS) is 23.0. The summed E-state index contributed by atoms with van der Waals surface area (Å²) in [7, 11) is 0. The van der Waals surface area contributed by atoms with Gasteiger partial charge in [0.1, 0.15) is 12.4 Å². The number of carbonyl (C=O) groups excluding carboxylic acids is 2. The first-order chi connectivity index (χ1) is 17.0. The Morgan fingerprint density at radius 2 is 1.97 bits per heavy atom. The monoisotopic (exact) mass is 525 g/mol. The third kappa shape index (κ3) is 5.28. The van der Waals surface area contributed by atoms with Gasteiger partial charge in [-0.3, -0.25) is 9.59 Å². The van der Waals surface area contributed by atoms with Gasteiger partial charge in [-0.05, 0) is 37.5 Å². The van der Waals surface area contributed by atoms with E-state index < -0.39 is 35.6 Å². The van der Waals surface area contributed by atoms with Crippen molar-refractivity contribution in [3.63, 3.8) is 0 Å². The maximum absolute atomic E-state index is 14.6. The average molecular weight is 526 g/mol. The molecule has 9 nitrogen and oxygen atoms in total. The third-order valence-electron chi connectivity index (χ3n) is 6.66. The van der Waals surface area contributed by atoms with Gasteiger partial charge in [-0.2, -0.15) is 4.39 Å². The van der Waals surface area contributed by atoms with E-state index in [0.717, 1.165) is 13.3 Å². The van der Waals surface area contributed by atoms with Gasteiger partial charge in [0.2, 0.25) is 17.6 Å². The third-order valence-corrected chi connectivity index (χ3v) is 6.88. The molecule has 1 aromatic heterocycles. The van der Waals surface area contributed by atoms with Crippen LogP contribution in [0, 0.1) is 11.7 Å². The predicted octanol–water partition coefficient (Wildman–Crippen LogP) is 2.75. The quantitative estimate of drug-likeness (QED) is 0.528. The number of nitrogens with two attached hydrogens (primary N) is 2. The van der Waals surface area contributed by atoms with Crippen molar-refractivity contribution in [1.82, 2.24) is 14.9 Å². The number of piperidine rings is 2. The van der Waals surface area contributed by atoms with E-state index in [1.54, 1.807) is 9.80 Å². The molecule has 2 aliphatic heterocycles. The lowest BCUT2D eigenvalue weighted by atomic mass is 9.87. The van der Waals surface area contributed by atoms with Gasteiger partial charge in [0.25, 0.3) is 5.92 Å². The number of hydrogen-bond donors (Lipinski definition) is 3. The number of benzene rings is 1. The Labute approximate surface area is 211 Å². The maximum Gasteiger partial charge on any atom is 0.270 e. The minimum atomic E-state index is -3.11. The highest BCUT2D eigenvalue weighted by molar-refractivity contribution is 6.31. The van der Waals surface area contributed by atoms with Crippen molar-refractivity contribution in [3.8, 4) is 0 Å². The van der Waals surface area contributed by atoms with Crippen molar-refractivity contribution < 1.29 is 22.8 Å². The number of likely N-dealkylation sites (tertiary alicyclic amines) is 1. The summed E-state index contributed by atoms with van der Waals surface area (Å²) in [5.41, 5.74) is 11.3. The van der Waals surface area contributed by atoms with Crippen molar-refractivity contribution in [2.45, 2.75) is 44.2 Å². The molecule has 0 saturated carbocycles. The first kappa shape index (κ1) is 25.8. The molecular weight excluding hydrogens is 499 g/mol. The standard InChI is InChI=1S/C23H27ClF3N7O2/c1-23(26,27)12-7-13(24)9-14(8-12)32-16-3-2-5-34(22(16)36)17-10-33(6-4-15(17)20(29)35)21-18(25)19(28)30-11-31-21/h7-9,11,15-17,32H,2-6,10H2,1H3,(H2,29,35)(H2,28,30,31)/t15-,16+,17-/m0/s1. The number of hydrogen-bond acceptors (Lipinski definition) is 7. The molecule has 0 unspecified atom stereocenters. The molecule has 36 heavy (non-hydrogen) atoms. The lowest BCUT2D eigenvalue weighted by Crippen LogP contribution is -2.61. The van der Waals surface area contributed by atoms with Crippen molar-refractivity contribution in [2.24, 2.45) is 11.7 Å². The molecule has 4 rings (SSSR count). The second-order valence-electron chi connectivity index (χ2n) is 9.20. The highest BCUT2D eigenvalue weighted by atomic mass is 35.5. The van der Waals surface area contributed by atoms with E-state index >= 15 is 0 Å². The van der Waals surface area contributed by atoms with E-state index in [0.29, 0.717) is 19.4 Å². The minimum absolute atomic E-state index is 0.0125. The van der Waals surface area contributed by atoms with Crippen LogP contribution in [0.3, 0.4) is 0 Å². The van der Waals surface area contributed by atoms with E-state index in [1.807, 2.05) is 0 Å². The number of carbonyl (C=O) groups is 2. The number of amides is 2. The second kappa shape index (κ2) is 10.00. The summed E-state index contributed by atoms with van der Waals surface area (Å²) >= 11 is 6.04. The summed E-state index contributed by atoms with van der Waals surface area (Å²) in [5, 5.41) is 3.13. The number of rotatable bonds is 6. The van der Waals surface area contributed by atoms with Gasteiger partial charge in [-0.25, -0.2) is 18.7 Å². The fourth-order valence-corrected chi connectivity index (χ4v) is 5.09. The van der Waals surface area contributed by atoms with Crippen LogP contribution in [0.25, 0.3) is 0 Å². The van der Waals surface area contributed by atoms with Gasteiger partial charge in [0.05, 0.1) is 12.0 Å². The zero-order chi connectivity index (χ0) is 26.2. The van der Waals surface area contributed by atoms with Crippen LogP contribution in [0.4, 0.5) is 30.5 Å². The van der Waals surface area contributed by atoms with Crippen LogP contribution in [-0.4, -0.2) is 58.4 Å². The van der Waals surface area contributed by atoms with E-state index in [-0.39, 0.29) is 53.3 Å². The molecule has 194 valence electrons. The number of aromatic nitrogens is 2. The van der Waals surface area contributed by atoms with Crippen LogP contribution >= 0.6 is 11.6 Å². The van der Waals surface area contributed by atoms with Gasteiger partial charge in [0.15, 0.2) is 11.6 Å². The fraction of sp³-hybridized carbons (Fsp3) is 0.478. The molecule has 2 fully saturated rings. The summed E-state index contributed by atoms with van der Waals surface area (Å²) < 4.78 is 42.3. The Kier molecular flexibility index (Phi) is 7.17. The molecule has 2 saturated heterocycles. The van der Waals surface area contributed by atoms with Gasteiger partial charge < -0.3 is 26.6 Å². The number of primary amides is 1. The number of nitrogens with one attached hydrogen (secondary N) is 1. The van der Waals surface area contributed by atoms with Crippen molar-refractivity contribution in [1.29, 1.82) is 0 Å². The lowest BCUT2D eigenvalue weighted by Gasteiger charge is -2.46. The maximum atomic E-state index is 14.6. The van der Waals surface area contributed by atoms with Gasteiger partial charge in [-0.1, -0.05) is 11.6 Å². The minimum Gasteiger partial charge on any atom is -0.381 e. The second-order valence-corrected chi connectivity index (χ2v) is 9.63. The molecule has 3 heterocycles. The highest BCUT2D eigenvalue weighted by Gasteiger charge is 2.42. The molecule has 0 bridgehead atoms. The molecule has 13 heteroatoms. The topological polar surface area (TPSA) is 130 Å². The molecule has 2 amide bonds. The molecule has 0 radical (unpaired) electrons. The van der Waals surface area contributed by atoms with Crippen molar-refractivity contribution >= 4 is 40.7 Å². The summed E-state index contributed by atoms with van der Waals surface area (Å²) in [6.45, 7) is 1.53. The van der Waals surface area contributed by atoms with Crippen molar-refractivity contribution in [3.05, 3.63) is 40.9 Å². The molecule has 0 aliphatic carbocycles. The average Bonchev–Trinajstić information content (AvgIpc) is 2.81. The Bertz CT molecular complexity index is 1160.